The van der Waals surface area contributed by atoms with E-state index in [1.165, 1.54) is 18.5 Å². The number of nitrogens with one attached hydrogen (secondary N) is 1. The molecule has 1 N–H and O–H groups in total. The van der Waals surface area contributed by atoms with Crippen molar-refractivity contribution in [1.29, 1.82) is 0 Å². The van der Waals surface area contributed by atoms with Crippen LogP contribution in [0, 0.1) is 28.8 Å². The minimum Gasteiger partial charge on any atom is -0.619 e. The van der Waals surface area contributed by atoms with Crippen molar-refractivity contribution < 1.29 is 13.9 Å². The predicted molar refractivity (Wildman–Crippen MR) is 102 cm³/mol. The highest BCUT2D eigenvalue weighted by atomic mass is 35.5. The number of aromatic nitrogens is 3. The van der Waals surface area contributed by atoms with Crippen LogP contribution in [-0.2, 0) is 4.79 Å². The molecule has 1 unspecified atom stereocenters. The number of anilines is 1. The molecule has 1 aliphatic carbocycles. The molecule has 0 spiro atoms. The van der Waals surface area contributed by atoms with E-state index in [2.05, 4.69) is 15.3 Å². The summed E-state index contributed by atoms with van der Waals surface area (Å²) in [5.41, 5.74) is 0.668. The summed E-state index contributed by atoms with van der Waals surface area (Å²) >= 11 is 5.76. The first-order valence-electron chi connectivity index (χ1n) is 9.09. The van der Waals surface area contributed by atoms with Crippen molar-refractivity contribution in [2.24, 2.45) is 17.8 Å². The highest BCUT2D eigenvalue weighted by Gasteiger charge is 2.55. The Morgan fingerprint density at radius 1 is 1.46 bits per heavy atom. The third-order valence-electron chi connectivity index (χ3n) is 5.37. The summed E-state index contributed by atoms with van der Waals surface area (Å²) in [5.74, 6) is 1.16. The molecule has 9 heteroatoms. The molecule has 1 aliphatic heterocycles. The first-order chi connectivity index (χ1) is 13.5. The second kappa shape index (κ2) is 7.71. The Labute approximate surface area is 166 Å². The molecule has 3 heterocycles. The van der Waals surface area contributed by atoms with E-state index >= 15 is 0 Å². The molecule has 4 rings (SSSR count). The maximum absolute atomic E-state index is 13.9. The van der Waals surface area contributed by atoms with Gasteiger partial charge in [0.1, 0.15) is 0 Å². The van der Waals surface area contributed by atoms with Crippen LogP contribution in [0.5, 0.6) is 0 Å². The number of nitrogens with zero attached hydrogens (tertiary/aromatic N) is 4. The molecule has 7 nitrogen and oxygen atoms in total. The molecule has 28 heavy (non-hydrogen) atoms. The average Bonchev–Trinajstić information content (AvgIpc) is 3.11. The van der Waals surface area contributed by atoms with Gasteiger partial charge in [-0.3, -0.25) is 4.79 Å². The fourth-order valence-corrected chi connectivity index (χ4v) is 4.10. The second-order valence-electron chi connectivity index (χ2n) is 7.12. The van der Waals surface area contributed by atoms with Gasteiger partial charge in [-0.1, -0.05) is 0 Å². The summed E-state index contributed by atoms with van der Waals surface area (Å²) in [6, 6.07) is 3.38. The monoisotopic (exact) mass is 403 g/mol. The van der Waals surface area contributed by atoms with Crippen LogP contribution in [0.3, 0.4) is 0 Å². The summed E-state index contributed by atoms with van der Waals surface area (Å²) in [6.45, 7) is 2.08. The van der Waals surface area contributed by atoms with E-state index in [-0.39, 0.29) is 17.0 Å². The fourth-order valence-electron chi connectivity index (χ4n) is 3.97. The topological polar surface area (TPSA) is 85.1 Å². The number of halogens is 2. The van der Waals surface area contributed by atoms with Gasteiger partial charge in [-0.05, 0) is 47.9 Å². The maximum atomic E-state index is 13.9. The zero-order chi connectivity index (χ0) is 19.7. The van der Waals surface area contributed by atoms with Gasteiger partial charge >= 0.3 is 0 Å². The maximum Gasteiger partial charge on any atom is 0.244 e. The molecule has 3 atom stereocenters. The molecule has 2 aliphatic rings. The van der Waals surface area contributed by atoms with Gasteiger partial charge in [0.05, 0.1) is 6.20 Å². The fraction of sp³-hybridized carbons (Fsp3) is 0.368. The first kappa shape index (κ1) is 18.6. The summed E-state index contributed by atoms with van der Waals surface area (Å²) in [6.07, 6.45) is 7.80. The van der Waals surface area contributed by atoms with Crippen molar-refractivity contribution in [3.8, 4) is 0 Å². The van der Waals surface area contributed by atoms with Gasteiger partial charge in [0.25, 0.3) is 0 Å². The summed E-state index contributed by atoms with van der Waals surface area (Å²) < 4.78 is 14.6. The number of fused-ring (bicyclic) bond motifs is 1. The first-order valence-corrected chi connectivity index (χ1v) is 9.47. The second-order valence-corrected chi connectivity index (χ2v) is 7.46. The quantitative estimate of drug-likeness (QED) is 0.344. The van der Waals surface area contributed by atoms with Gasteiger partial charge < -0.3 is 15.4 Å². The molecule has 1 saturated heterocycles. The molecular formula is C19H19ClFN5O2. The minimum absolute atomic E-state index is 0.0462. The van der Waals surface area contributed by atoms with E-state index < -0.39 is 5.82 Å². The Bertz CT molecular complexity index is 913. The van der Waals surface area contributed by atoms with Crippen LogP contribution in [0.1, 0.15) is 12.0 Å². The molecule has 2 aromatic heterocycles. The Kier molecular flexibility index (Phi) is 5.13. The van der Waals surface area contributed by atoms with Gasteiger partial charge in [-0.15, -0.1) is 0 Å². The lowest BCUT2D eigenvalue weighted by molar-refractivity contribution is -0.605. The van der Waals surface area contributed by atoms with Crippen molar-refractivity contribution in [2.45, 2.75) is 6.42 Å². The SMILES string of the molecule is O=C(/C=C/c1ccc[n+]([O-])c1)NCCC1[C@H]2CN(c3nc(Cl)ncc3F)C[C@@H]12. The molecule has 0 bridgehead atoms. The van der Waals surface area contributed by atoms with Crippen LogP contribution in [0.15, 0.2) is 36.8 Å². The van der Waals surface area contributed by atoms with E-state index in [0.29, 0.717) is 34.6 Å². The van der Waals surface area contributed by atoms with Crippen LogP contribution in [0.2, 0.25) is 5.28 Å². The third kappa shape index (κ3) is 4.06. The number of carbonyl (C=O) groups is 1. The average molecular weight is 404 g/mol. The molecule has 0 radical (unpaired) electrons. The highest BCUT2D eigenvalue weighted by Crippen LogP contribution is 2.54. The lowest BCUT2D eigenvalue weighted by Gasteiger charge is -2.21. The predicted octanol–water partition coefficient (Wildman–Crippen LogP) is 1.80. The largest absolute Gasteiger partial charge is 0.619 e. The van der Waals surface area contributed by atoms with Gasteiger partial charge in [-0.2, -0.15) is 9.71 Å². The molecule has 1 saturated carbocycles. The number of carbonyl (C=O) groups excluding carboxylic acids is 1. The van der Waals surface area contributed by atoms with Gasteiger partial charge in [0.2, 0.25) is 11.2 Å². The normalized spacial score (nSPS) is 23.1. The lowest BCUT2D eigenvalue weighted by atomic mass is 10.2. The number of piperidine rings is 1. The molecule has 0 aromatic carbocycles. The van der Waals surface area contributed by atoms with Crippen molar-refractivity contribution >= 4 is 29.4 Å². The molecular weight excluding hydrogens is 385 g/mol. The van der Waals surface area contributed by atoms with E-state index in [4.69, 9.17) is 11.6 Å². The Balaban J connectivity index is 1.20. The number of amides is 1. The minimum atomic E-state index is -0.456. The van der Waals surface area contributed by atoms with Crippen LogP contribution in [0.4, 0.5) is 10.2 Å². The van der Waals surface area contributed by atoms with Crippen LogP contribution in [0.25, 0.3) is 6.08 Å². The Hall–Kier alpha value is -2.74. The van der Waals surface area contributed by atoms with Crippen molar-refractivity contribution in [2.75, 3.05) is 24.5 Å². The zero-order valence-electron chi connectivity index (χ0n) is 15.0. The van der Waals surface area contributed by atoms with Crippen molar-refractivity contribution in [1.82, 2.24) is 15.3 Å². The third-order valence-corrected chi connectivity index (χ3v) is 5.55. The molecule has 2 fully saturated rings. The van der Waals surface area contributed by atoms with Crippen LogP contribution < -0.4 is 14.9 Å². The van der Waals surface area contributed by atoms with Crippen LogP contribution in [-0.4, -0.2) is 35.5 Å². The van der Waals surface area contributed by atoms with Gasteiger partial charge in [-0.25, -0.2) is 9.37 Å². The van der Waals surface area contributed by atoms with Crippen LogP contribution >= 0.6 is 11.6 Å². The van der Waals surface area contributed by atoms with E-state index in [1.54, 1.807) is 18.2 Å². The van der Waals surface area contributed by atoms with E-state index in [9.17, 15) is 14.4 Å². The summed E-state index contributed by atoms with van der Waals surface area (Å²) in [4.78, 5) is 21.4. The van der Waals surface area contributed by atoms with Gasteiger partial charge in [0.15, 0.2) is 24.0 Å². The van der Waals surface area contributed by atoms with Gasteiger partial charge in [0, 0.05) is 37.3 Å². The summed E-state index contributed by atoms with van der Waals surface area (Å²) in [7, 11) is 0. The zero-order valence-corrected chi connectivity index (χ0v) is 15.7. The number of hydrogen-bond donors (Lipinski definition) is 1. The number of hydrogen-bond acceptors (Lipinski definition) is 5. The highest BCUT2D eigenvalue weighted by molar-refractivity contribution is 6.28. The van der Waals surface area contributed by atoms with Crippen molar-refractivity contribution in [3.63, 3.8) is 0 Å². The summed E-state index contributed by atoms with van der Waals surface area (Å²) in [5, 5.41) is 14.1. The Morgan fingerprint density at radius 3 is 3.00 bits per heavy atom. The molecule has 1 amide bonds. The standard InChI is InChI=1S/C19H19ClFN5O2/c20-19-23-8-16(21)18(24-19)25-10-14-13(15(14)11-25)5-6-22-17(27)4-3-12-2-1-7-26(28)9-12/h1-4,7-9,13-15H,5-6,10-11H2,(H,22,27)/b4-3+/t13?,14-,15+. The number of rotatable bonds is 6. The molecule has 146 valence electrons. The van der Waals surface area contributed by atoms with E-state index in [0.717, 1.165) is 25.7 Å². The molecule has 2 aromatic rings. The lowest BCUT2D eigenvalue weighted by Crippen LogP contribution is -2.28. The smallest absolute Gasteiger partial charge is 0.244 e. The Morgan fingerprint density at radius 2 is 2.25 bits per heavy atom. The van der Waals surface area contributed by atoms with E-state index in [1.807, 2.05) is 4.90 Å². The number of pyridine rings is 1. The van der Waals surface area contributed by atoms with Crippen molar-refractivity contribution in [3.05, 3.63) is 58.7 Å².